The Bertz CT molecular complexity index is 741. The second kappa shape index (κ2) is 7.31. The van der Waals surface area contributed by atoms with Crippen molar-refractivity contribution in [2.45, 2.75) is 6.92 Å². The predicted octanol–water partition coefficient (Wildman–Crippen LogP) is 2.48. The van der Waals surface area contributed by atoms with E-state index in [0.717, 1.165) is 5.56 Å². The summed E-state index contributed by atoms with van der Waals surface area (Å²) in [5.74, 6) is 0.481. The number of carbonyl (C=O) groups excluding carboxylic acids is 1. The predicted molar refractivity (Wildman–Crippen MR) is 87.5 cm³/mol. The average Bonchev–Trinajstić information content (AvgIpc) is 2.54. The number of hydrazone groups is 1. The van der Waals surface area contributed by atoms with E-state index in [-0.39, 0.29) is 11.7 Å². The summed E-state index contributed by atoms with van der Waals surface area (Å²) in [7, 11) is 2.98. The molecule has 0 radical (unpaired) electrons. The molecule has 0 fully saturated rings. The van der Waals surface area contributed by atoms with Crippen LogP contribution in [0, 0.1) is 6.92 Å². The first-order valence-electron chi connectivity index (χ1n) is 6.90. The first kappa shape index (κ1) is 16.4. The summed E-state index contributed by atoms with van der Waals surface area (Å²) in [6.07, 6.45) is 1.43. The summed E-state index contributed by atoms with van der Waals surface area (Å²) in [4.78, 5) is 12.1. The van der Waals surface area contributed by atoms with Crippen LogP contribution >= 0.6 is 0 Å². The Kier molecular flexibility index (Phi) is 5.19. The van der Waals surface area contributed by atoms with Crippen LogP contribution in [0.2, 0.25) is 0 Å². The standard InChI is InChI=1S/C17H18N2O4/c1-11-4-6-13(16(8-11)23-3)17(21)19-18-10-12-5-7-15(22-2)14(20)9-12/h4-10,20H,1-3H3,(H,19,21)/b18-10-. The number of rotatable bonds is 5. The molecule has 0 bridgehead atoms. The molecule has 0 atom stereocenters. The van der Waals surface area contributed by atoms with Gasteiger partial charge in [0, 0.05) is 0 Å². The lowest BCUT2D eigenvalue weighted by molar-refractivity contribution is 0.0952. The van der Waals surface area contributed by atoms with Crippen LogP contribution < -0.4 is 14.9 Å². The third-order valence-electron chi connectivity index (χ3n) is 3.18. The van der Waals surface area contributed by atoms with Crippen molar-refractivity contribution in [3.8, 4) is 17.2 Å². The van der Waals surface area contributed by atoms with Crippen molar-refractivity contribution in [3.05, 3.63) is 53.1 Å². The molecule has 2 aromatic rings. The van der Waals surface area contributed by atoms with Gasteiger partial charge in [0.2, 0.25) is 0 Å². The normalized spacial score (nSPS) is 10.6. The van der Waals surface area contributed by atoms with Gasteiger partial charge in [-0.25, -0.2) is 5.43 Å². The maximum Gasteiger partial charge on any atom is 0.275 e. The summed E-state index contributed by atoms with van der Waals surface area (Å²) in [5.41, 5.74) is 4.44. The van der Waals surface area contributed by atoms with E-state index >= 15 is 0 Å². The first-order valence-corrected chi connectivity index (χ1v) is 6.90. The minimum Gasteiger partial charge on any atom is -0.504 e. The van der Waals surface area contributed by atoms with E-state index in [4.69, 9.17) is 9.47 Å². The van der Waals surface area contributed by atoms with Crippen LogP contribution in [-0.2, 0) is 0 Å². The number of benzene rings is 2. The number of nitrogens with one attached hydrogen (secondary N) is 1. The lowest BCUT2D eigenvalue weighted by Gasteiger charge is -2.07. The van der Waals surface area contributed by atoms with Crippen LogP contribution in [0.4, 0.5) is 0 Å². The summed E-state index contributed by atoms with van der Waals surface area (Å²) < 4.78 is 10.2. The Balaban J connectivity index is 2.08. The average molecular weight is 314 g/mol. The minimum absolute atomic E-state index is 0.00276. The van der Waals surface area contributed by atoms with Crippen LogP contribution in [0.3, 0.4) is 0 Å². The highest BCUT2D eigenvalue weighted by Crippen LogP contribution is 2.25. The van der Waals surface area contributed by atoms with Crippen LogP contribution in [-0.4, -0.2) is 31.4 Å². The van der Waals surface area contributed by atoms with E-state index in [2.05, 4.69) is 10.5 Å². The van der Waals surface area contributed by atoms with Crippen molar-refractivity contribution in [3.63, 3.8) is 0 Å². The number of aromatic hydroxyl groups is 1. The molecule has 0 heterocycles. The SMILES string of the molecule is COc1ccc(/C=N\NC(=O)c2ccc(C)cc2OC)cc1O. The van der Waals surface area contributed by atoms with Crippen molar-refractivity contribution in [1.29, 1.82) is 0 Å². The Labute approximate surface area is 134 Å². The van der Waals surface area contributed by atoms with Gasteiger partial charge in [0.05, 0.1) is 26.0 Å². The van der Waals surface area contributed by atoms with Crippen LogP contribution in [0.15, 0.2) is 41.5 Å². The fraction of sp³-hybridized carbons (Fsp3) is 0.176. The van der Waals surface area contributed by atoms with Gasteiger partial charge in [0.15, 0.2) is 11.5 Å². The highest BCUT2D eigenvalue weighted by molar-refractivity contribution is 5.97. The van der Waals surface area contributed by atoms with E-state index < -0.39 is 0 Å². The maximum atomic E-state index is 12.1. The fourth-order valence-corrected chi connectivity index (χ4v) is 2.00. The van der Waals surface area contributed by atoms with Gasteiger partial charge < -0.3 is 14.6 Å². The number of aryl methyl sites for hydroxylation is 1. The first-order chi connectivity index (χ1) is 11.0. The zero-order chi connectivity index (χ0) is 16.8. The van der Waals surface area contributed by atoms with Gasteiger partial charge in [-0.15, -0.1) is 0 Å². The molecule has 0 saturated carbocycles. The molecule has 2 rings (SSSR count). The van der Waals surface area contributed by atoms with E-state index in [1.807, 2.05) is 13.0 Å². The Morgan fingerprint density at radius 3 is 2.52 bits per heavy atom. The number of phenols is 1. The van der Waals surface area contributed by atoms with Gasteiger partial charge in [0.25, 0.3) is 5.91 Å². The fourth-order valence-electron chi connectivity index (χ4n) is 2.00. The molecule has 0 aliphatic rings. The molecule has 0 saturated heterocycles. The number of phenolic OH excluding ortho intramolecular Hbond substituents is 1. The monoisotopic (exact) mass is 314 g/mol. The highest BCUT2D eigenvalue weighted by atomic mass is 16.5. The quantitative estimate of drug-likeness (QED) is 0.656. The summed E-state index contributed by atoms with van der Waals surface area (Å²) in [6.45, 7) is 1.92. The summed E-state index contributed by atoms with van der Waals surface area (Å²) >= 11 is 0. The van der Waals surface area contributed by atoms with E-state index in [1.165, 1.54) is 26.5 Å². The van der Waals surface area contributed by atoms with Gasteiger partial charge in [-0.2, -0.15) is 5.10 Å². The number of nitrogens with zero attached hydrogens (tertiary/aromatic N) is 1. The molecular weight excluding hydrogens is 296 g/mol. The molecule has 0 aliphatic carbocycles. The van der Waals surface area contributed by atoms with E-state index in [9.17, 15) is 9.90 Å². The molecule has 0 aliphatic heterocycles. The number of methoxy groups -OCH3 is 2. The third-order valence-corrected chi connectivity index (χ3v) is 3.18. The number of hydrogen-bond acceptors (Lipinski definition) is 5. The van der Waals surface area contributed by atoms with Gasteiger partial charge in [0.1, 0.15) is 5.75 Å². The minimum atomic E-state index is -0.379. The highest BCUT2D eigenvalue weighted by Gasteiger charge is 2.11. The van der Waals surface area contributed by atoms with Crippen molar-refractivity contribution in [2.75, 3.05) is 14.2 Å². The number of carbonyl (C=O) groups is 1. The molecule has 6 heteroatoms. The van der Waals surface area contributed by atoms with Crippen LogP contribution in [0.25, 0.3) is 0 Å². The van der Waals surface area contributed by atoms with Crippen molar-refractivity contribution in [1.82, 2.24) is 5.43 Å². The lowest BCUT2D eigenvalue weighted by Crippen LogP contribution is -2.18. The van der Waals surface area contributed by atoms with Crippen LogP contribution in [0.5, 0.6) is 17.2 Å². The molecule has 2 aromatic carbocycles. The molecule has 6 nitrogen and oxygen atoms in total. The van der Waals surface area contributed by atoms with Gasteiger partial charge >= 0.3 is 0 Å². The molecule has 0 spiro atoms. The van der Waals surface area contributed by atoms with E-state index in [1.54, 1.807) is 24.3 Å². The van der Waals surface area contributed by atoms with E-state index in [0.29, 0.717) is 22.6 Å². The van der Waals surface area contributed by atoms with Crippen LogP contribution in [0.1, 0.15) is 21.5 Å². The zero-order valence-electron chi connectivity index (χ0n) is 13.2. The summed E-state index contributed by atoms with van der Waals surface area (Å²) in [6, 6.07) is 10.1. The molecule has 0 unspecified atom stereocenters. The summed E-state index contributed by atoms with van der Waals surface area (Å²) in [5, 5.41) is 13.6. The van der Waals surface area contributed by atoms with Gasteiger partial charge in [-0.1, -0.05) is 6.07 Å². The number of hydrogen-bond donors (Lipinski definition) is 2. The van der Waals surface area contributed by atoms with Gasteiger partial charge in [-0.05, 0) is 48.4 Å². The topological polar surface area (TPSA) is 80.2 Å². The zero-order valence-corrected chi connectivity index (χ0v) is 13.2. The van der Waals surface area contributed by atoms with Crippen molar-refractivity contribution < 1.29 is 19.4 Å². The second-order valence-electron chi connectivity index (χ2n) is 4.83. The number of amides is 1. The lowest BCUT2D eigenvalue weighted by atomic mass is 10.1. The Morgan fingerprint density at radius 1 is 1.13 bits per heavy atom. The van der Waals surface area contributed by atoms with Crippen molar-refractivity contribution in [2.24, 2.45) is 5.10 Å². The van der Waals surface area contributed by atoms with Crippen molar-refractivity contribution >= 4 is 12.1 Å². The second-order valence-corrected chi connectivity index (χ2v) is 4.83. The van der Waals surface area contributed by atoms with Gasteiger partial charge in [-0.3, -0.25) is 4.79 Å². The third kappa shape index (κ3) is 4.00. The molecular formula is C17H18N2O4. The number of ether oxygens (including phenoxy) is 2. The molecule has 2 N–H and O–H groups in total. The smallest absolute Gasteiger partial charge is 0.275 e. The molecule has 23 heavy (non-hydrogen) atoms. The largest absolute Gasteiger partial charge is 0.504 e. The molecule has 1 amide bonds. The maximum absolute atomic E-state index is 12.1. The Morgan fingerprint density at radius 2 is 1.87 bits per heavy atom. The molecule has 0 aromatic heterocycles. The Hall–Kier alpha value is -3.02. The molecule has 120 valence electrons.